The maximum absolute atomic E-state index is 13.5. The summed E-state index contributed by atoms with van der Waals surface area (Å²) < 4.78 is 8.19. The summed E-state index contributed by atoms with van der Waals surface area (Å²) in [7, 11) is 0. The van der Waals surface area contributed by atoms with Crippen LogP contribution in [0.3, 0.4) is 0 Å². The van der Waals surface area contributed by atoms with E-state index in [9.17, 15) is 4.79 Å². The molecule has 190 valence electrons. The summed E-state index contributed by atoms with van der Waals surface area (Å²) in [6.45, 7) is 2.01. The normalized spacial score (nSPS) is 28.3. The Morgan fingerprint density at radius 3 is 2.70 bits per heavy atom. The fourth-order valence-electron chi connectivity index (χ4n) is 6.83. The number of carbonyl (C=O) groups is 1. The highest BCUT2D eigenvalue weighted by Crippen LogP contribution is 2.54. The highest BCUT2D eigenvalue weighted by molar-refractivity contribution is 7.15. The van der Waals surface area contributed by atoms with Crippen molar-refractivity contribution in [2.24, 2.45) is 10.9 Å². The predicted molar refractivity (Wildman–Crippen MR) is 142 cm³/mol. The molecule has 8 rings (SSSR count). The third-order valence-corrected chi connectivity index (χ3v) is 10.4. The molecule has 1 aromatic carbocycles. The van der Waals surface area contributed by atoms with Crippen molar-refractivity contribution < 1.29 is 9.53 Å². The fourth-order valence-corrected chi connectivity index (χ4v) is 8.51. The topological polar surface area (TPSA) is 81.4 Å². The Kier molecular flexibility index (Phi) is 4.84. The second kappa shape index (κ2) is 7.98. The van der Waals surface area contributed by atoms with E-state index in [1.807, 2.05) is 25.1 Å². The van der Waals surface area contributed by atoms with E-state index in [1.165, 1.54) is 10.4 Å². The molecular weight excluding hydrogens is 506 g/mol. The third-order valence-electron chi connectivity index (χ3n) is 8.82. The number of fused-ring (bicyclic) bond motifs is 8. The highest BCUT2D eigenvalue weighted by atomic mass is 35.5. The average Bonchev–Trinajstić information content (AvgIpc) is 3.14. The second-order valence-corrected chi connectivity index (χ2v) is 12.8. The summed E-state index contributed by atoms with van der Waals surface area (Å²) in [6, 6.07) is 8.19. The van der Waals surface area contributed by atoms with E-state index in [4.69, 9.17) is 21.3 Å². The van der Waals surface area contributed by atoms with Crippen LogP contribution in [-0.2, 0) is 27.9 Å². The van der Waals surface area contributed by atoms with Gasteiger partial charge in [-0.15, -0.1) is 21.5 Å². The molecule has 2 saturated heterocycles. The molecular formula is C28H28ClN5O2S. The molecule has 1 N–H and O–H groups in total. The molecule has 5 aliphatic rings. The van der Waals surface area contributed by atoms with Gasteiger partial charge < -0.3 is 10.1 Å². The Bertz CT molecular complexity index is 1480. The summed E-state index contributed by atoms with van der Waals surface area (Å²) in [4.78, 5) is 20.1. The van der Waals surface area contributed by atoms with Crippen LogP contribution < -0.4 is 5.32 Å². The number of halogens is 1. The molecule has 0 radical (unpaired) electrons. The van der Waals surface area contributed by atoms with E-state index in [-0.39, 0.29) is 23.4 Å². The number of nitrogens with one attached hydrogen (secondary N) is 1. The van der Waals surface area contributed by atoms with E-state index >= 15 is 0 Å². The zero-order chi connectivity index (χ0) is 24.9. The van der Waals surface area contributed by atoms with Gasteiger partial charge in [-0.3, -0.25) is 14.4 Å². The van der Waals surface area contributed by atoms with Crippen LogP contribution in [0.5, 0.6) is 0 Å². The number of benzene rings is 1. The first-order valence-electron chi connectivity index (χ1n) is 13.4. The molecule has 7 nitrogen and oxygen atoms in total. The zero-order valence-electron chi connectivity index (χ0n) is 20.7. The van der Waals surface area contributed by atoms with Gasteiger partial charge in [-0.25, -0.2) is 0 Å². The molecule has 3 aliphatic heterocycles. The number of carbonyl (C=O) groups excluding carboxylic acids is 1. The van der Waals surface area contributed by atoms with E-state index in [1.54, 1.807) is 11.3 Å². The lowest BCUT2D eigenvalue weighted by Gasteiger charge is -2.29. The molecule has 2 unspecified atom stereocenters. The van der Waals surface area contributed by atoms with Crippen LogP contribution in [0.25, 0.3) is 5.00 Å². The summed E-state index contributed by atoms with van der Waals surface area (Å²) in [5.74, 6) is 1.92. The molecule has 5 heterocycles. The van der Waals surface area contributed by atoms with Crippen molar-refractivity contribution in [2.45, 2.75) is 82.1 Å². The molecule has 3 aromatic rings. The molecule has 1 spiro atoms. The minimum atomic E-state index is -0.348. The number of amides is 1. The maximum atomic E-state index is 13.5. The minimum absolute atomic E-state index is 0.0563. The first kappa shape index (κ1) is 22.4. The minimum Gasteiger partial charge on any atom is -0.375 e. The quantitative estimate of drug-likeness (QED) is 0.530. The lowest BCUT2D eigenvalue weighted by atomic mass is 9.96. The Morgan fingerprint density at radius 1 is 1.16 bits per heavy atom. The first-order valence-corrected chi connectivity index (χ1v) is 14.6. The van der Waals surface area contributed by atoms with Gasteiger partial charge in [-0.1, -0.05) is 29.8 Å². The molecule has 2 aliphatic carbocycles. The van der Waals surface area contributed by atoms with Crippen molar-refractivity contribution in [1.82, 2.24) is 20.1 Å². The van der Waals surface area contributed by atoms with Crippen LogP contribution in [0.1, 0.15) is 71.7 Å². The van der Waals surface area contributed by atoms with Crippen molar-refractivity contribution in [1.29, 1.82) is 0 Å². The second-order valence-electron chi connectivity index (χ2n) is 11.3. The highest BCUT2D eigenvalue weighted by Gasteiger charge is 2.52. The van der Waals surface area contributed by atoms with Crippen LogP contribution in [0.15, 0.2) is 29.3 Å². The number of rotatable bonds is 3. The molecule has 2 aromatic heterocycles. The van der Waals surface area contributed by atoms with E-state index in [0.717, 1.165) is 84.9 Å². The van der Waals surface area contributed by atoms with Gasteiger partial charge in [0.15, 0.2) is 5.82 Å². The lowest BCUT2D eigenvalue weighted by molar-refractivity contribution is -0.126. The molecule has 3 fully saturated rings. The van der Waals surface area contributed by atoms with Crippen LogP contribution >= 0.6 is 22.9 Å². The van der Waals surface area contributed by atoms with Crippen molar-refractivity contribution in [3.63, 3.8) is 0 Å². The summed E-state index contributed by atoms with van der Waals surface area (Å²) in [6.07, 6.45) is 8.14. The van der Waals surface area contributed by atoms with Crippen LogP contribution in [0.4, 0.5) is 0 Å². The van der Waals surface area contributed by atoms with Crippen molar-refractivity contribution >= 4 is 34.6 Å². The summed E-state index contributed by atoms with van der Waals surface area (Å²) in [5.41, 5.74) is 3.88. The SMILES string of the molecule is Cc1nnc2n1-c1sc3c(c1C(c1ccccc1Cl)=NC21CC1)C[C@H](C(=O)NC1CC2CCC(C1)O2)C3. The van der Waals surface area contributed by atoms with Crippen LogP contribution in [0.2, 0.25) is 5.02 Å². The van der Waals surface area contributed by atoms with E-state index in [2.05, 4.69) is 26.1 Å². The van der Waals surface area contributed by atoms with Gasteiger partial charge >= 0.3 is 0 Å². The van der Waals surface area contributed by atoms with Gasteiger partial charge in [0.2, 0.25) is 5.91 Å². The number of thiophene rings is 1. The smallest absolute Gasteiger partial charge is 0.224 e. The van der Waals surface area contributed by atoms with Gasteiger partial charge in [0.05, 0.1) is 17.9 Å². The van der Waals surface area contributed by atoms with E-state index in [0.29, 0.717) is 17.2 Å². The molecule has 1 saturated carbocycles. The zero-order valence-corrected chi connectivity index (χ0v) is 22.2. The number of hydrogen-bond donors (Lipinski definition) is 1. The largest absolute Gasteiger partial charge is 0.375 e. The van der Waals surface area contributed by atoms with Gasteiger partial charge in [0.25, 0.3) is 0 Å². The third kappa shape index (κ3) is 3.41. The number of nitrogens with zero attached hydrogens (tertiary/aromatic N) is 4. The Labute approximate surface area is 224 Å². The maximum Gasteiger partial charge on any atom is 0.224 e. The number of aryl methyl sites for hydroxylation is 1. The van der Waals surface area contributed by atoms with Crippen LogP contribution in [0, 0.1) is 12.8 Å². The van der Waals surface area contributed by atoms with Crippen LogP contribution in [-0.4, -0.2) is 44.6 Å². The lowest BCUT2D eigenvalue weighted by Crippen LogP contribution is -2.44. The monoisotopic (exact) mass is 533 g/mol. The van der Waals surface area contributed by atoms with Crippen molar-refractivity contribution in [2.75, 3.05) is 0 Å². The number of ether oxygens (including phenoxy) is 1. The summed E-state index contributed by atoms with van der Waals surface area (Å²) >= 11 is 8.52. The predicted octanol–water partition coefficient (Wildman–Crippen LogP) is 4.67. The standard InChI is InChI=1S/C28H28ClN5O2S/c1-14-32-33-27-28(8-9-28)31-24(19-4-2-3-5-21(19)29)23-20-10-15(11-22(20)37-26(23)34(14)27)25(35)30-16-12-17-6-7-18(13-16)36-17/h2-5,15-18H,6-13H2,1H3,(H,30,35)/t15-,16?,17?,18?/m0/s1. The molecule has 1 amide bonds. The van der Waals surface area contributed by atoms with Gasteiger partial charge in [-0.2, -0.15) is 0 Å². The summed E-state index contributed by atoms with van der Waals surface area (Å²) in [5, 5.41) is 14.2. The number of aromatic nitrogens is 3. The molecule has 2 bridgehead atoms. The van der Waals surface area contributed by atoms with E-state index < -0.39 is 0 Å². The molecule has 37 heavy (non-hydrogen) atoms. The molecule has 3 atom stereocenters. The Hall–Kier alpha value is -2.55. The van der Waals surface area contributed by atoms with Gasteiger partial charge in [0, 0.05) is 33.0 Å². The molecule has 9 heteroatoms. The van der Waals surface area contributed by atoms with Crippen molar-refractivity contribution in [3.8, 4) is 5.00 Å². The fraction of sp³-hybridized carbons (Fsp3) is 0.500. The average molecular weight is 534 g/mol. The van der Waals surface area contributed by atoms with Crippen molar-refractivity contribution in [3.05, 3.63) is 62.5 Å². The Morgan fingerprint density at radius 2 is 1.95 bits per heavy atom. The number of hydrogen-bond acceptors (Lipinski definition) is 6. The van der Waals surface area contributed by atoms with Gasteiger partial charge in [-0.05, 0) is 69.9 Å². The first-order chi connectivity index (χ1) is 18.0. The Balaban J connectivity index is 1.18. The number of aliphatic imine (C=N–C) groups is 1. The van der Waals surface area contributed by atoms with Gasteiger partial charge in [0.1, 0.15) is 16.4 Å².